The molecule has 72 valence electrons. The van der Waals surface area contributed by atoms with Gasteiger partial charge in [0.05, 0.1) is 6.20 Å². The van der Waals surface area contributed by atoms with Crippen LogP contribution in [0.5, 0.6) is 0 Å². The molecule has 13 heavy (non-hydrogen) atoms. The Morgan fingerprint density at radius 1 is 1.77 bits per heavy atom. The van der Waals surface area contributed by atoms with E-state index in [1.807, 2.05) is 24.9 Å². The minimum Gasteiger partial charge on any atom is -0.370 e. The maximum Gasteiger partial charge on any atom is 0.188 e. The van der Waals surface area contributed by atoms with E-state index in [1.54, 1.807) is 7.05 Å². The molecule has 0 amide bonds. The third-order valence-electron chi connectivity index (χ3n) is 2.04. The molecular weight excluding hydrogens is 166 g/mol. The highest BCUT2D eigenvalue weighted by Gasteiger charge is 2.02. The Balaban J connectivity index is 2.60. The molecule has 0 radical (unpaired) electrons. The highest BCUT2D eigenvalue weighted by molar-refractivity contribution is 5.77. The first kappa shape index (κ1) is 9.57. The molecule has 3 N–H and O–H groups in total. The average molecular weight is 181 g/mol. The summed E-state index contributed by atoms with van der Waals surface area (Å²) in [5.41, 5.74) is 7.76. The van der Waals surface area contributed by atoms with Crippen LogP contribution in [0.3, 0.4) is 0 Å². The molecule has 0 aliphatic carbocycles. The van der Waals surface area contributed by atoms with Gasteiger partial charge in [0.15, 0.2) is 5.96 Å². The second kappa shape index (κ2) is 3.93. The van der Waals surface area contributed by atoms with Crippen molar-refractivity contribution in [2.45, 2.75) is 13.5 Å². The maximum atomic E-state index is 5.49. The van der Waals surface area contributed by atoms with E-state index in [1.165, 1.54) is 0 Å². The van der Waals surface area contributed by atoms with Crippen molar-refractivity contribution >= 4 is 5.96 Å². The molecule has 1 rings (SSSR count). The molecule has 5 heteroatoms. The summed E-state index contributed by atoms with van der Waals surface area (Å²) in [5.74, 6) is 0.447. The van der Waals surface area contributed by atoms with Gasteiger partial charge in [-0.25, -0.2) is 0 Å². The summed E-state index contributed by atoms with van der Waals surface area (Å²) in [7, 11) is 3.56. The van der Waals surface area contributed by atoms with Crippen LogP contribution in [-0.2, 0) is 13.6 Å². The Hall–Kier alpha value is -1.52. The van der Waals surface area contributed by atoms with Gasteiger partial charge in [-0.15, -0.1) is 0 Å². The fourth-order valence-corrected chi connectivity index (χ4v) is 0.983. The van der Waals surface area contributed by atoms with Crippen molar-refractivity contribution in [1.82, 2.24) is 15.1 Å². The van der Waals surface area contributed by atoms with Gasteiger partial charge >= 0.3 is 0 Å². The van der Waals surface area contributed by atoms with Gasteiger partial charge in [0.25, 0.3) is 0 Å². The summed E-state index contributed by atoms with van der Waals surface area (Å²) >= 11 is 0. The van der Waals surface area contributed by atoms with Crippen molar-refractivity contribution in [1.29, 1.82) is 0 Å². The van der Waals surface area contributed by atoms with Gasteiger partial charge in [0, 0.05) is 31.9 Å². The van der Waals surface area contributed by atoms with E-state index in [2.05, 4.69) is 15.4 Å². The van der Waals surface area contributed by atoms with Crippen LogP contribution in [0.15, 0.2) is 11.2 Å². The van der Waals surface area contributed by atoms with E-state index in [4.69, 9.17) is 5.73 Å². The summed E-state index contributed by atoms with van der Waals surface area (Å²) in [6, 6.07) is 0. The molecule has 0 unspecified atom stereocenters. The van der Waals surface area contributed by atoms with Crippen molar-refractivity contribution in [2.24, 2.45) is 17.8 Å². The largest absolute Gasteiger partial charge is 0.370 e. The minimum absolute atomic E-state index is 0.447. The molecule has 1 heterocycles. The highest BCUT2D eigenvalue weighted by Crippen LogP contribution is 2.03. The molecule has 0 atom stereocenters. The van der Waals surface area contributed by atoms with E-state index >= 15 is 0 Å². The monoisotopic (exact) mass is 181 g/mol. The number of nitrogens with zero attached hydrogens (tertiary/aromatic N) is 3. The molecule has 1 aromatic rings. The van der Waals surface area contributed by atoms with Crippen LogP contribution >= 0.6 is 0 Å². The smallest absolute Gasteiger partial charge is 0.188 e. The van der Waals surface area contributed by atoms with Crippen molar-refractivity contribution in [2.75, 3.05) is 7.05 Å². The topological polar surface area (TPSA) is 68.2 Å². The number of hydrogen-bond donors (Lipinski definition) is 2. The summed E-state index contributed by atoms with van der Waals surface area (Å²) in [6.45, 7) is 2.69. The summed E-state index contributed by atoms with van der Waals surface area (Å²) in [6.07, 6.45) is 1.82. The number of hydrogen-bond acceptors (Lipinski definition) is 2. The first-order valence-electron chi connectivity index (χ1n) is 4.08. The number of aromatic nitrogens is 2. The molecule has 0 saturated heterocycles. The third-order valence-corrected chi connectivity index (χ3v) is 2.04. The Labute approximate surface area is 77.6 Å². The van der Waals surface area contributed by atoms with Gasteiger partial charge in [-0.05, 0) is 6.92 Å². The van der Waals surface area contributed by atoms with Gasteiger partial charge in [-0.1, -0.05) is 0 Å². The molecule has 0 bridgehead atoms. The van der Waals surface area contributed by atoms with Crippen LogP contribution in [0, 0.1) is 6.92 Å². The molecule has 1 aromatic heterocycles. The van der Waals surface area contributed by atoms with Gasteiger partial charge < -0.3 is 11.1 Å². The molecule has 0 aromatic carbocycles. The standard InChI is InChI=1S/C8H15N5/c1-6-7(5-12-13(6)3)4-11-8(9)10-2/h5H,4H2,1-3H3,(H3,9,10,11). The van der Waals surface area contributed by atoms with Crippen LogP contribution in [0.25, 0.3) is 0 Å². The number of guanidine groups is 1. The lowest BCUT2D eigenvalue weighted by Gasteiger charge is -2.03. The Bertz CT molecular complexity index is 312. The molecule has 0 spiro atoms. The van der Waals surface area contributed by atoms with E-state index < -0.39 is 0 Å². The lowest BCUT2D eigenvalue weighted by Crippen LogP contribution is -2.30. The predicted molar refractivity (Wildman–Crippen MR) is 52.3 cm³/mol. The number of aliphatic imine (C=N–C) groups is 1. The maximum absolute atomic E-state index is 5.49. The summed E-state index contributed by atoms with van der Waals surface area (Å²) in [5, 5.41) is 7.09. The number of rotatable bonds is 2. The van der Waals surface area contributed by atoms with Crippen LogP contribution in [-0.4, -0.2) is 22.8 Å². The zero-order chi connectivity index (χ0) is 9.84. The van der Waals surface area contributed by atoms with Gasteiger partial charge in [0.2, 0.25) is 0 Å². The molecular formula is C8H15N5. The Morgan fingerprint density at radius 2 is 2.46 bits per heavy atom. The Kier molecular flexibility index (Phi) is 2.89. The van der Waals surface area contributed by atoms with E-state index in [0.717, 1.165) is 11.3 Å². The van der Waals surface area contributed by atoms with E-state index in [9.17, 15) is 0 Å². The number of nitrogens with two attached hydrogens (primary N) is 1. The Morgan fingerprint density at radius 3 is 2.92 bits per heavy atom. The number of aryl methyl sites for hydroxylation is 1. The SMILES string of the molecule is CN=C(N)NCc1cnn(C)c1C. The third kappa shape index (κ3) is 2.21. The fourth-order valence-electron chi connectivity index (χ4n) is 0.983. The zero-order valence-electron chi connectivity index (χ0n) is 8.20. The van der Waals surface area contributed by atoms with Crippen LogP contribution in [0.1, 0.15) is 11.3 Å². The summed E-state index contributed by atoms with van der Waals surface area (Å²) in [4.78, 5) is 3.80. The molecule has 0 aliphatic heterocycles. The molecule has 0 saturated carbocycles. The van der Waals surface area contributed by atoms with E-state index in [-0.39, 0.29) is 0 Å². The molecule has 0 aliphatic rings. The lowest BCUT2D eigenvalue weighted by molar-refractivity contribution is 0.736. The minimum atomic E-state index is 0.447. The summed E-state index contributed by atoms with van der Waals surface area (Å²) < 4.78 is 1.83. The molecule has 5 nitrogen and oxygen atoms in total. The number of nitrogens with one attached hydrogen (secondary N) is 1. The van der Waals surface area contributed by atoms with Crippen LogP contribution in [0.4, 0.5) is 0 Å². The van der Waals surface area contributed by atoms with Crippen LogP contribution < -0.4 is 11.1 Å². The van der Waals surface area contributed by atoms with Crippen molar-refractivity contribution in [3.05, 3.63) is 17.5 Å². The van der Waals surface area contributed by atoms with Crippen LogP contribution in [0.2, 0.25) is 0 Å². The first-order valence-corrected chi connectivity index (χ1v) is 4.08. The van der Waals surface area contributed by atoms with Crippen molar-refractivity contribution in [3.63, 3.8) is 0 Å². The second-order valence-corrected chi connectivity index (χ2v) is 2.84. The second-order valence-electron chi connectivity index (χ2n) is 2.84. The van der Waals surface area contributed by atoms with E-state index in [0.29, 0.717) is 12.5 Å². The van der Waals surface area contributed by atoms with Gasteiger partial charge in [0.1, 0.15) is 0 Å². The van der Waals surface area contributed by atoms with Gasteiger partial charge in [-0.2, -0.15) is 5.10 Å². The van der Waals surface area contributed by atoms with Gasteiger partial charge in [-0.3, -0.25) is 9.67 Å². The fraction of sp³-hybridized carbons (Fsp3) is 0.500. The van der Waals surface area contributed by atoms with Crippen molar-refractivity contribution in [3.8, 4) is 0 Å². The zero-order valence-corrected chi connectivity index (χ0v) is 8.20. The first-order chi connectivity index (χ1) is 6.15. The normalized spacial score (nSPS) is 11.8. The quantitative estimate of drug-likeness (QED) is 0.489. The lowest BCUT2D eigenvalue weighted by atomic mass is 10.2. The van der Waals surface area contributed by atoms with Crippen molar-refractivity contribution < 1.29 is 0 Å². The highest BCUT2D eigenvalue weighted by atomic mass is 15.3. The molecule has 0 fully saturated rings. The average Bonchev–Trinajstić information content (AvgIpc) is 2.44. The predicted octanol–water partition coefficient (Wildman–Crippen LogP) is -0.237.